The number of carbonyl (C=O) groups is 3. The fourth-order valence-corrected chi connectivity index (χ4v) is 9.05. The number of hydrogen-bond donors (Lipinski definition) is 0. The highest BCUT2D eigenvalue weighted by molar-refractivity contribution is 5.70. The van der Waals surface area contributed by atoms with Crippen LogP contribution >= 0.6 is 0 Å². The summed E-state index contributed by atoms with van der Waals surface area (Å²) in [5.74, 6) is -2.29. The van der Waals surface area contributed by atoms with Gasteiger partial charge in [0.1, 0.15) is 13.2 Å². The molecule has 0 aliphatic rings. The van der Waals surface area contributed by atoms with Crippen LogP contribution in [0.3, 0.4) is 0 Å². The van der Waals surface area contributed by atoms with Crippen molar-refractivity contribution < 1.29 is 42.9 Å². The van der Waals surface area contributed by atoms with Crippen LogP contribution in [0.5, 0.6) is 0 Å². The van der Waals surface area contributed by atoms with Crippen LogP contribution in [-0.2, 0) is 33.3 Å². The minimum Gasteiger partial charge on any atom is -0.545 e. The molecule has 0 amide bonds. The van der Waals surface area contributed by atoms with E-state index in [4.69, 9.17) is 18.9 Å². The first kappa shape index (κ1) is 78.7. The molecule has 0 heterocycles. The Balaban J connectivity index is 4.11. The molecule has 0 N–H and O–H groups in total. The highest BCUT2D eigenvalue weighted by atomic mass is 16.7. The Kier molecular flexibility index (Phi) is 60.4. The van der Waals surface area contributed by atoms with E-state index >= 15 is 0 Å². The summed E-state index contributed by atoms with van der Waals surface area (Å²) in [7, 11) is 5.92. The van der Waals surface area contributed by atoms with Gasteiger partial charge in [0, 0.05) is 12.8 Å². The monoisotopic (exact) mass is 1160 g/mol. The molecule has 2 unspecified atom stereocenters. The molecule has 0 aliphatic carbocycles. The van der Waals surface area contributed by atoms with Crippen molar-refractivity contribution in [3.63, 3.8) is 0 Å². The lowest BCUT2D eigenvalue weighted by Gasteiger charge is -2.26. The predicted octanol–water partition coefficient (Wildman–Crippen LogP) is 19.5. The lowest BCUT2D eigenvalue weighted by molar-refractivity contribution is -0.870. The summed E-state index contributed by atoms with van der Waals surface area (Å²) < 4.78 is 22.8. The van der Waals surface area contributed by atoms with Crippen LogP contribution in [0.15, 0.2) is 122 Å². The number of carboxylic acids is 1. The van der Waals surface area contributed by atoms with E-state index in [1.165, 1.54) is 135 Å². The molecule has 0 radical (unpaired) electrons. The predicted molar refractivity (Wildman–Crippen MR) is 352 cm³/mol. The third-order valence-electron chi connectivity index (χ3n) is 14.2. The van der Waals surface area contributed by atoms with E-state index < -0.39 is 24.3 Å². The zero-order valence-corrected chi connectivity index (χ0v) is 54.0. The molecule has 0 aromatic rings. The summed E-state index contributed by atoms with van der Waals surface area (Å²) in [6.45, 7) is 4.61. The number of rotatable bonds is 61. The van der Waals surface area contributed by atoms with E-state index in [-0.39, 0.29) is 38.6 Å². The Labute approximate surface area is 510 Å². The van der Waals surface area contributed by atoms with Crippen molar-refractivity contribution in [3.05, 3.63) is 122 Å². The molecule has 0 saturated carbocycles. The minimum absolute atomic E-state index is 0.143. The Morgan fingerprint density at radius 3 is 1.02 bits per heavy atom. The van der Waals surface area contributed by atoms with Crippen LogP contribution in [0.25, 0.3) is 0 Å². The third kappa shape index (κ3) is 65.1. The van der Waals surface area contributed by atoms with Crippen molar-refractivity contribution in [2.75, 3.05) is 47.5 Å². The second-order valence-electron chi connectivity index (χ2n) is 23.4. The van der Waals surface area contributed by atoms with Crippen LogP contribution in [0, 0.1) is 0 Å². The number of likely N-dealkylation sites (N-methyl/N-ethyl adjacent to an activating group) is 1. The number of esters is 2. The van der Waals surface area contributed by atoms with Gasteiger partial charge in [0.05, 0.1) is 40.3 Å². The van der Waals surface area contributed by atoms with Gasteiger partial charge < -0.3 is 33.3 Å². The molecule has 0 rings (SSSR count). The van der Waals surface area contributed by atoms with Crippen molar-refractivity contribution in [2.45, 2.75) is 283 Å². The number of aliphatic carboxylic acids is 1. The highest BCUT2D eigenvalue weighted by Crippen LogP contribution is 2.16. The van der Waals surface area contributed by atoms with Gasteiger partial charge in [-0.2, -0.15) is 0 Å². The van der Waals surface area contributed by atoms with E-state index in [0.717, 1.165) is 103 Å². The topological polar surface area (TPSA) is 111 Å². The lowest BCUT2D eigenvalue weighted by atomic mass is 10.0. The number of ether oxygens (including phenoxy) is 4. The van der Waals surface area contributed by atoms with E-state index in [2.05, 4.69) is 135 Å². The lowest BCUT2D eigenvalue weighted by Crippen LogP contribution is -2.44. The Hall–Kier alpha value is -4.31. The molecular weight excluding hydrogens is 1030 g/mol. The number of carbonyl (C=O) groups excluding carboxylic acids is 3. The molecule has 0 aliphatic heterocycles. The second-order valence-corrected chi connectivity index (χ2v) is 23.4. The van der Waals surface area contributed by atoms with Gasteiger partial charge in [0.2, 0.25) is 0 Å². The number of allylic oxidation sites excluding steroid dienone is 20. The molecule has 0 fully saturated rings. The van der Waals surface area contributed by atoms with Crippen LogP contribution in [0.1, 0.15) is 271 Å². The van der Waals surface area contributed by atoms with Gasteiger partial charge in [0.15, 0.2) is 12.4 Å². The first-order valence-electron chi connectivity index (χ1n) is 33.7. The van der Waals surface area contributed by atoms with Gasteiger partial charge in [0.25, 0.3) is 0 Å². The smallest absolute Gasteiger partial charge is 0.306 e. The minimum atomic E-state index is -1.63. The van der Waals surface area contributed by atoms with Crippen LogP contribution in [0.4, 0.5) is 0 Å². The average Bonchev–Trinajstić information content (AvgIpc) is 3.46. The summed E-state index contributed by atoms with van der Waals surface area (Å²) in [5, 5.41) is 11.8. The standard InChI is InChI=1S/C74H125NO8/c1-6-8-10-12-14-16-18-20-22-24-26-27-28-29-30-31-32-33-34-35-36-37-38-39-40-41-42-43-44-45-47-49-51-53-55-57-59-61-63-65-72(77)83-70(69-82-74(73(78)79)80-67-66-75(3,4)5)68-81-71(76)64-62-60-58-56-54-52-50-48-46-25-23-21-19-17-15-13-11-9-7-2/h8,10,14-17,20-23,26-27,29-30,32-33,35-36,38-39,70,74H,6-7,9,11-13,18-19,24-25,28,31,34,37,40-69H2,1-5H3/b10-8-,16-14-,17-15-,22-20-,23-21-,27-26-,30-29-,33-32-,36-35-,39-38-. The van der Waals surface area contributed by atoms with Gasteiger partial charge in [-0.15, -0.1) is 0 Å². The zero-order valence-electron chi connectivity index (χ0n) is 54.0. The fraction of sp³-hybridized carbons (Fsp3) is 0.689. The van der Waals surface area contributed by atoms with Gasteiger partial charge in [-0.05, 0) is 109 Å². The molecule has 0 aromatic heterocycles. The van der Waals surface area contributed by atoms with E-state index in [0.29, 0.717) is 17.4 Å². The van der Waals surface area contributed by atoms with Gasteiger partial charge >= 0.3 is 11.9 Å². The fourth-order valence-electron chi connectivity index (χ4n) is 9.05. The van der Waals surface area contributed by atoms with Crippen LogP contribution < -0.4 is 5.11 Å². The Morgan fingerprint density at radius 1 is 0.373 bits per heavy atom. The molecule has 0 bridgehead atoms. The van der Waals surface area contributed by atoms with Gasteiger partial charge in [-0.25, -0.2) is 0 Å². The van der Waals surface area contributed by atoms with Crippen molar-refractivity contribution in [2.24, 2.45) is 0 Å². The van der Waals surface area contributed by atoms with Crippen molar-refractivity contribution in [1.29, 1.82) is 0 Å². The van der Waals surface area contributed by atoms with E-state index in [1.807, 2.05) is 21.1 Å². The Bertz CT molecular complexity index is 1780. The molecule has 9 heteroatoms. The molecule has 0 saturated heterocycles. The van der Waals surface area contributed by atoms with Gasteiger partial charge in [-0.1, -0.05) is 270 Å². The zero-order chi connectivity index (χ0) is 60.5. The average molecular weight is 1160 g/mol. The van der Waals surface area contributed by atoms with E-state index in [1.54, 1.807) is 0 Å². The maximum Gasteiger partial charge on any atom is 0.306 e. The molecule has 474 valence electrons. The summed E-state index contributed by atoms with van der Waals surface area (Å²) in [6, 6.07) is 0. The first-order valence-corrected chi connectivity index (χ1v) is 33.7. The maximum atomic E-state index is 12.9. The van der Waals surface area contributed by atoms with Crippen LogP contribution in [-0.4, -0.2) is 82.3 Å². The second kappa shape index (κ2) is 63.7. The summed E-state index contributed by atoms with van der Waals surface area (Å²) in [6.07, 6.45) is 86.9. The number of quaternary nitrogens is 1. The number of carboxylic acid groups (broad SMARTS) is 1. The van der Waals surface area contributed by atoms with Gasteiger partial charge in [-0.3, -0.25) is 9.59 Å². The normalized spacial score (nSPS) is 13.5. The molecule has 9 nitrogen and oxygen atoms in total. The first-order chi connectivity index (χ1) is 40.6. The number of unbranched alkanes of at least 4 members (excludes halogenated alkanes) is 26. The quantitative estimate of drug-likeness (QED) is 0.0195. The highest BCUT2D eigenvalue weighted by Gasteiger charge is 2.22. The third-order valence-corrected chi connectivity index (χ3v) is 14.2. The molecule has 2 atom stereocenters. The molecular formula is C74H125NO8. The maximum absolute atomic E-state index is 12.9. The van der Waals surface area contributed by atoms with Crippen LogP contribution in [0.2, 0.25) is 0 Å². The molecule has 0 aromatic carbocycles. The van der Waals surface area contributed by atoms with Crippen molar-refractivity contribution in [3.8, 4) is 0 Å². The SMILES string of the molecule is CC/C=C\C/C=C\C/C=C\C/C=C\C/C=C\C/C=C\C/C=C\C/C=C\CCCCCCCCCCCCCCCCC(=O)OC(COC(=O)CCCCCCCCCCC/C=C\C/C=C\CCCCC)COC(OCC[N+](C)(C)C)C(=O)[O-]. The largest absolute Gasteiger partial charge is 0.545 e. The number of nitrogens with zero attached hydrogens (tertiary/aromatic N) is 1. The van der Waals surface area contributed by atoms with Crippen molar-refractivity contribution >= 4 is 17.9 Å². The Morgan fingerprint density at radius 2 is 0.687 bits per heavy atom. The molecule has 83 heavy (non-hydrogen) atoms. The number of hydrogen-bond acceptors (Lipinski definition) is 8. The van der Waals surface area contributed by atoms with Crippen molar-refractivity contribution in [1.82, 2.24) is 0 Å². The molecule has 0 spiro atoms. The van der Waals surface area contributed by atoms with E-state index in [9.17, 15) is 19.5 Å². The summed E-state index contributed by atoms with van der Waals surface area (Å²) in [5.41, 5.74) is 0. The summed E-state index contributed by atoms with van der Waals surface area (Å²) >= 11 is 0. The summed E-state index contributed by atoms with van der Waals surface area (Å²) in [4.78, 5) is 37.4.